The van der Waals surface area contributed by atoms with Crippen LogP contribution in [0.25, 0.3) is 11.4 Å². The summed E-state index contributed by atoms with van der Waals surface area (Å²) in [5, 5.41) is 0.616. The fourth-order valence-corrected chi connectivity index (χ4v) is 3.06. The molecule has 0 atom stereocenters. The summed E-state index contributed by atoms with van der Waals surface area (Å²) in [5.74, 6) is 0.716. The van der Waals surface area contributed by atoms with Gasteiger partial charge in [-0.2, -0.15) is 0 Å². The Bertz CT molecular complexity index is 598. The first-order chi connectivity index (χ1) is 8.75. The van der Waals surface area contributed by atoms with Crippen molar-refractivity contribution in [3.63, 3.8) is 0 Å². The lowest BCUT2D eigenvalue weighted by atomic mass is 9.97. The summed E-state index contributed by atoms with van der Waals surface area (Å²) in [5.41, 5.74) is 3.25. The Morgan fingerprint density at radius 1 is 1.06 bits per heavy atom. The Morgan fingerprint density at radius 3 is 2.67 bits per heavy atom. The van der Waals surface area contributed by atoms with Crippen LogP contribution in [0.5, 0.6) is 0 Å². The van der Waals surface area contributed by atoms with Gasteiger partial charge in [0.1, 0.15) is 5.15 Å². The van der Waals surface area contributed by atoms with E-state index in [0.717, 1.165) is 34.1 Å². The van der Waals surface area contributed by atoms with Gasteiger partial charge in [-0.05, 0) is 31.7 Å². The summed E-state index contributed by atoms with van der Waals surface area (Å²) < 4.78 is 0.997. The first kappa shape index (κ1) is 12.1. The van der Waals surface area contributed by atoms with Gasteiger partial charge in [0.25, 0.3) is 0 Å². The van der Waals surface area contributed by atoms with Crippen LogP contribution in [0, 0.1) is 0 Å². The molecule has 0 unspecified atom stereocenters. The highest BCUT2D eigenvalue weighted by atomic mass is 79.9. The standard InChI is InChI=1S/C14H12BrClN2/c15-11-7-3-1-5-9(11)14-17-12-8-4-2-6-10(12)13(16)18-14/h1,3,5,7H,2,4,6,8H2. The van der Waals surface area contributed by atoms with Crippen LogP contribution < -0.4 is 0 Å². The number of nitrogens with zero attached hydrogens (tertiary/aromatic N) is 2. The lowest BCUT2D eigenvalue weighted by Crippen LogP contribution is -2.08. The normalized spacial score (nSPS) is 14.3. The van der Waals surface area contributed by atoms with Crippen LogP contribution in [-0.4, -0.2) is 9.97 Å². The van der Waals surface area contributed by atoms with Crippen molar-refractivity contribution in [1.82, 2.24) is 9.97 Å². The average molecular weight is 324 g/mol. The summed E-state index contributed by atoms with van der Waals surface area (Å²) in [4.78, 5) is 9.12. The fraction of sp³-hybridized carbons (Fsp3) is 0.286. The summed E-state index contributed by atoms with van der Waals surface area (Å²) in [6.45, 7) is 0. The molecule has 0 aliphatic heterocycles. The third kappa shape index (κ3) is 2.17. The van der Waals surface area contributed by atoms with Gasteiger partial charge in [-0.3, -0.25) is 0 Å². The highest BCUT2D eigenvalue weighted by Crippen LogP contribution is 2.30. The molecule has 92 valence electrons. The number of rotatable bonds is 1. The lowest BCUT2D eigenvalue weighted by Gasteiger charge is -2.16. The van der Waals surface area contributed by atoms with Crippen LogP contribution in [0.15, 0.2) is 28.7 Å². The molecule has 0 spiro atoms. The molecule has 2 nitrogen and oxygen atoms in total. The van der Waals surface area contributed by atoms with Crippen molar-refractivity contribution in [3.05, 3.63) is 45.1 Å². The van der Waals surface area contributed by atoms with Gasteiger partial charge in [-0.15, -0.1) is 0 Å². The van der Waals surface area contributed by atoms with E-state index in [4.69, 9.17) is 11.6 Å². The Balaban J connectivity index is 2.14. The first-order valence-electron chi connectivity index (χ1n) is 6.06. The van der Waals surface area contributed by atoms with E-state index in [2.05, 4.69) is 25.9 Å². The summed E-state index contributed by atoms with van der Waals surface area (Å²) >= 11 is 9.81. The van der Waals surface area contributed by atoms with E-state index in [9.17, 15) is 0 Å². The van der Waals surface area contributed by atoms with E-state index in [-0.39, 0.29) is 0 Å². The van der Waals surface area contributed by atoms with Crippen molar-refractivity contribution in [2.75, 3.05) is 0 Å². The number of hydrogen-bond acceptors (Lipinski definition) is 2. The van der Waals surface area contributed by atoms with Gasteiger partial charge in [-0.25, -0.2) is 9.97 Å². The van der Waals surface area contributed by atoms with Gasteiger partial charge < -0.3 is 0 Å². The second-order valence-corrected chi connectivity index (χ2v) is 5.66. The maximum absolute atomic E-state index is 6.28. The molecule has 3 rings (SSSR count). The second kappa shape index (κ2) is 4.98. The molecule has 0 N–H and O–H groups in total. The largest absolute Gasteiger partial charge is 0.233 e. The number of aromatic nitrogens is 2. The molecule has 0 amide bonds. The molecule has 0 bridgehead atoms. The molecule has 1 aromatic heterocycles. The van der Waals surface area contributed by atoms with Crippen LogP contribution in [0.2, 0.25) is 5.15 Å². The molecule has 1 aromatic carbocycles. The fourth-order valence-electron chi connectivity index (χ4n) is 2.31. The number of hydrogen-bond donors (Lipinski definition) is 0. The van der Waals surface area contributed by atoms with E-state index in [1.165, 1.54) is 12.8 Å². The predicted octanol–water partition coefficient (Wildman–Crippen LogP) is 4.44. The molecule has 0 saturated carbocycles. The molecule has 1 aliphatic rings. The maximum Gasteiger partial charge on any atom is 0.162 e. The molecular weight excluding hydrogens is 312 g/mol. The Morgan fingerprint density at radius 2 is 1.83 bits per heavy atom. The zero-order chi connectivity index (χ0) is 12.5. The number of aryl methyl sites for hydroxylation is 1. The van der Waals surface area contributed by atoms with Crippen LogP contribution in [-0.2, 0) is 12.8 Å². The van der Waals surface area contributed by atoms with Crippen molar-refractivity contribution in [2.45, 2.75) is 25.7 Å². The molecule has 18 heavy (non-hydrogen) atoms. The average Bonchev–Trinajstić information content (AvgIpc) is 2.39. The van der Waals surface area contributed by atoms with Crippen LogP contribution >= 0.6 is 27.5 Å². The SMILES string of the molecule is Clc1nc(-c2ccccc2Br)nc2c1CCCC2. The topological polar surface area (TPSA) is 25.8 Å². The quantitative estimate of drug-likeness (QED) is 0.725. The van der Waals surface area contributed by atoms with Gasteiger partial charge in [0.15, 0.2) is 5.82 Å². The van der Waals surface area contributed by atoms with E-state index < -0.39 is 0 Å². The highest BCUT2D eigenvalue weighted by molar-refractivity contribution is 9.10. The number of fused-ring (bicyclic) bond motifs is 1. The predicted molar refractivity (Wildman–Crippen MR) is 76.8 cm³/mol. The third-order valence-electron chi connectivity index (χ3n) is 3.25. The Labute approximate surface area is 120 Å². The van der Waals surface area contributed by atoms with Gasteiger partial charge in [0.2, 0.25) is 0 Å². The minimum Gasteiger partial charge on any atom is -0.233 e. The zero-order valence-corrected chi connectivity index (χ0v) is 12.1. The number of halogens is 2. The molecule has 1 heterocycles. The van der Waals surface area contributed by atoms with Crippen LogP contribution in [0.4, 0.5) is 0 Å². The van der Waals surface area contributed by atoms with Crippen molar-refractivity contribution < 1.29 is 0 Å². The zero-order valence-electron chi connectivity index (χ0n) is 9.79. The van der Waals surface area contributed by atoms with Crippen LogP contribution in [0.1, 0.15) is 24.1 Å². The van der Waals surface area contributed by atoms with Crippen molar-refractivity contribution in [3.8, 4) is 11.4 Å². The molecule has 0 radical (unpaired) electrons. The Kier molecular flexibility index (Phi) is 3.35. The van der Waals surface area contributed by atoms with Gasteiger partial charge >= 0.3 is 0 Å². The molecular formula is C14H12BrClN2. The molecule has 2 aromatic rings. The highest BCUT2D eigenvalue weighted by Gasteiger charge is 2.17. The molecule has 1 aliphatic carbocycles. The summed E-state index contributed by atoms with van der Waals surface area (Å²) in [6.07, 6.45) is 4.39. The van der Waals surface area contributed by atoms with Gasteiger partial charge in [0, 0.05) is 21.3 Å². The number of benzene rings is 1. The lowest BCUT2D eigenvalue weighted by molar-refractivity contribution is 0.663. The maximum atomic E-state index is 6.28. The van der Waals surface area contributed by atoms with E-state index in [1.807, 2.05) is 24.3 Å². The molecule has 0 fully saturated rings. The minimum atomic E-state index is 0.616. The second-order valence-electron chi connectivity index (χ2n) is 4.45. The van der Waals surface area contributed by atoms with E-state index in [1.54, 1.807) is 0 Å². The smallest absolute Gasteiger partial charge is 0.162 e. The summed E-state index contributed by atoms with van der Waals surface area (Å²) in [6, 6.07) is 7.96. The minimum absolute atomic E-state index is 0.616. The van der Waals surface area contributed by atoms with E-state index >= 15 is 0 Å². The summed E-state index contributed by atoms with van der Waals surface area (Å²) in [7, 11) is 0. The van der Waals surface area contributed by atoms with Crippen LogP contribution in [0.3, 0.4) is 0 Å². The van der Waals surface area contributed by atoms with Crippen molar-refractivity contribution in [1.29, 1.82) is 0 Å². The van der Waals surface area contributed by atoms with Gasteiger partial charge in [-0.1, -0.05) is 45.7 Å². The molecule has 0 saturated heterocycles. The van der Waals surface area contributed by atoms with Crippen molar-refractivity contribution >= 4 is 27.5 Å². The third-order valence-corrected chi connectivity index (χ3v) is 4.25. The first-order valence-corrected chi connectivity index (χ1v) is 7.23. The Hall–Kier alpha value is -0.930. The molecule has 4 heteroatoms. The van der Waals surface area contributed by atoms with Crippen molar-refractivity contribution in [2.24, 2.45) is 0 Å². The van der Waals surface area contributed by atoms with E-state index in [0.29, 0.717) is 11.0 Å². The van der Waals surface area contributed by atoms with Gasteiger partial charge in [0.05, 0.1) is 0 Å². The monoisotopic (exact) mass is 322 g/mol.